The summed E-state index contributed by atoms with van der Waals surface area (Å²) in [7, 11) is -4.57. The SMILES string of the molecule is C=C[C@@]1(NC(=O)C(Cl)(Cl)Cl)[C@@H]([C@H]2COC(C)(C)O2)C=C(CO)[C@@H](O[Si](CC)(CC)CC)[C@H]1O[Si](CC)(CC)CC. The van der Waals surface area contributed by atoms with E-state index in [2.05, 4.69) is 53.4 Å². The number of nitrogens with one attached hydrogen (secondary N) is 1. The normalized spacial score (nSPS) is 29.2. The number of carbonyl (C=O) groups is 1. The molecule has 40 heavy (non-hydrogen) atoms. The third-order valence-electron chi connectivity index (χ3n) is 9.22. The van der Waals surface area contributed by atoms with Gasteiger partial charge in [-0.2, -0.15) is 0 Å². The zero-order valence-electron chi connectivity index (χ0n) is 25.5. The molecule has 0 aromatic heterocycles. The molecular weight excluding hydrogens is 609 g/mol. The maximum absolute atomic E-state index is 13.4. The minimum atomic E-state index is -2.34. The number of hydrogen-bond acceptors (Lipinski definition) is 6. The molecule has 2 N–H and O–H groups in total. The van der Waals surface area contributed by atoms with Gasteiger partial charge < -0.3 is 28.7 Å². The van der Waals surface area contributed by atoms with Crippen molar-refractivity contribution in [3.63, 3.8) is 0 Å². The molecule has 232 valence electrons. The van der Waals surface area contributed by atoms with Crippen molar-refractivity contribution in [1.82, 2.24) is 5.32 Å². The third-order valence-corrected chi connectivity index (χ3v) is 19.0. The molecule has 1 amide bonds. The van der Waals surface area contributed by atoms with Crippen LogP contribution in [0, 0.1) is 5.92 Å². The number of hydrogen-bond donors (Lipinski definition) is 2. The van der Waals surface area contributed by atoms with Crippen LogP contribution in [0.3, 0.4) is 0 Å². The van der Waals surface area contributed by atoms with Crippen LogP contribution in [0.2, 0.25) is 36.3 Å². The van der Waals surface area contributed by atoms with Crippen molar-refractivity contribution < 1.29 is 28.2 Å². The summed E-state index contributed by atoms with van der Waals surface area (Å²) in [6, 6.07) is 5.30. The largest absolute Gasteiger partial charge is 0.408 e. The van der Waals surface area contributed by atoms with Crippen LogP contribution in [-0.2, 0) is 23.1 Å². The molecule has 2 aliphatic rings. The van der Waals surface area contributed by atoms with Crippen LogP contribution >= 0.6 is 34.8 Å². The molecule has 1 aliphatic heterocycles. The highest BCUT2D eigenvalue weighted by Gasteiger charge is 2.59. The maximum atomic E-state index is 13.4. The summed E-state index contributed by atoms with van der Waals surface area (Å²) in [4.78, 5) is 13.4. The summed E-state index contributed by atoms with van der Waals surface area (Å²) in [5.74, 6) is -2.18. The highest BCUT2D eigenvalue weighted by molar-refractivity contribution is 6.76. The predicted molar refractivity (Wildman–Crippen MR) is 169 cm³/mol. The molecule has 1 aliphatic carbocycles. The number of ether oxygens (including phenoxy) is 2. The topological polar surface area (TPSA) is 86.3 Å². The van der Waals surface area contributed by atoms with Crippen molar-refractivity contribution in [3.8, 4) is 0 Å². The van der Waals surface area contributed by atoms with E-state index in [0.717, 1.165) is 36.3 Å². The van der Waals surface area contributed by atoms with Crippen molar-refractivity contribution in [3.05, 3.63) is 24.3 Å². The van der Waals surface area contributed by atoms with Gasteiger partial charge in [0.1, 0.15) is 6.10 Å². The van der Waals surface area contributed by atoms with Gasteiger partial charge in [0.05, 0.1) is 31.0 Å². The second-order valence-electron chi connectivity index (χ2n) is 11.4. The second kappa shape index (κ2) is 14.2. The molecule has 1 fully saturated rings. The summed E-state index contributed by atoms with van der Waals surface area (Å²) in [5.41, 5.74) is -0.589. The number of rotatable bonds is 14. The maximum Gasteiger partial charge on any atom is 0.272 e. The number of aliphatic hydroxyl groups excluding tert-OH is 1. The molecule has 1 saturated heterocycles. The Morgan fingerprint density at radius 3 is 1.95 bits per heavy atom. The van der Waals surface area contributed by atoms with Crippen LogP contribution in [0.25, 0.3) is 0 Å². The molecule has 0 aromatic rings. The lowest BCUT2D eigenvalue weighted by Crippen LogP contribution is -2.72. The van der Waals surface area contributed by atoms with Crippen molar-refractivity contribution >= 4 is 57.3 Å². The lowest BCUT2D eigenvalue weighted by molar-refractivity contribution is -0.150. The fourth-order valence-corrected chi connectivity index (χ4v) is 11.9. The van der Waals surface area contributed by atoms with Crippen molar-refractivity contribution in [2.24, 2.45) is 5.92 Å². The number of halogens is 3. The number of carbonyl (C=O) groups excluding carboxylic acids is 1. The predicted octanol–water partition coefficient (Wildman–Crippen LogP) is 6.88. The van der Waals surface area contributed by atoms with Crippen molar-refractivity contribution in [2.75, 3.05) is 13.2 Å². The Balaban J connectivity index is 2.91. The van der Waals surface area contributed by atoms with Gasteiger partial charge in [-0.05, 0) is 55.7 Å². The molecule has 0 spiro atoms. The number of amides is 1. The fraction of sp³-hybridized carbons (Fsp3) is 0.821. The number of aliphatic hydroxyl groups is 1. The molecule has 1 heterocycles. The smallest absolute Gasteiger partial charge is 0.272 e. The average molecular weight is 659 g/mol. The Hall–Kier alpha value is 0.0538. The molecular formula is C28H50Cl3NO6Si2. The first-order valence-electron chi connectivity index (χ1n) is 14.6. The molecule has 0 bridgehead atoms. The molecule has 2 rings (SSSR count). The van der Waals surface area contributed by atoms with Gasteiger partial charge in [-0.15, -0.1) is 6.58 Å². The van der Waals surface area contributed by atoms with Crippen LogP contribution in [0.4, 0.5) is 0 Å². The first-order chi connectivity index (χ1) is 18.6. The van der Waals surface area contributed by atoms with Gasteiger partial charge in [-0.1, -0.05) is 88.5 Å². The van der Waals surface area contributed by atoms with Gasteiger partial charge in [-0.3, -0.25) is 4.79 Å². The summed E-state index contributed by atoms with van der Waals surface area (Å²) in [6.07, 6.45) is 1.75. The van der Waals surface area contributed by atoms with Gasteiger partial charge in [0, 0.05) is 5.92 Å². The summed E-state index contributed by atoms with van der Waals surface area (Å²) >= 11 is 18.4. The fourth-order valence-electron chi connectivity index (χ4n) is 6.11. The lowest BCUT2D eigenvalue weighted by atomic mass is 9.68. The van der Waals surface area contributed by atoms with E-state index in [0.29, 0.717) is 5.57 Å². The van der Waals surface area contributed by atoms with Crippen molar-refractivity contribution in [1.29, 1.82) is 0 Å². The quantitative estimate of drug-likeness (QED) is 0.120. The summed E-state index contributed by atoms with van der Waals surface area (Å²) in [6.45, 7) is 20.8. The second-order valence-corrected chi connectivity index (χ2v) is 23.2. The van der Waals surface area contributed by atoms with Crippen LogP contribution in [0.5, 0.6) is 0 Å². The Bertz CT molecular complexity index is 890. The Kier molecular flexibility index (Phi) is 12.9. The Labute approximate surface area is 258 Å². The van der Waals surface area contributed by atoms with E-state index < -0.39 is 61.9 Å². The zero-order chi connectivity index (χ0) is 30.6. The molecule has 12 heteroatoms. The van der Waals surface area contributed by atoms with E-state index in [9.17, 15) is 9.90 Å². The van der Waals surface area contributed by atoms with E-state index in [1.165, 1.54) is 0 Å². The minimum absolute atomic E-state index is 0.232. The average Bonchev–Trinajstić information content (AvgIpc) is 3.29. The standard InChI is InChI=1S/C28H50Cl3NO6Si2/c1-10-27(32-25(34)28(29,30)31)21(22-19-35-26(8,9)36-22)17-20(18-33)23(37-39(11-2,12-3)13-4)24(27)38-40(14-5,15-6)16-7/h10,17,21-24,33H,1,11-16,18-19H2,2-9H3,(H,32,34)/t21-,22-,23-,24-,27-/m1/s1. The van der Waals surface area contributed by atoms with E-state index >= 15 is 0 Å². The number of alkyl halides is 3. The van der Waals surface area contributed by atoms with Crippen LogP contribution in [0.15, 0.2) is 24.3 Å². The van der Waals surface area contributed by atoms with Crippen LogP contribution in [0.1, 0.15) is 55.4 Å². The molecule has 5 atom stereocenters. The van der Waals surface area contributed by atoms with Crippen LogP contribution < -0.4 is 5.32 Å². The molecule has 0 unspecified atom stereocenters. The molecule has 0 saturated carbocycles. The van der Waals surface area contributed by atoms with Gasteiger partial charge in [0.15, 0.2) is 22.4 Å². The van der Waals surface area contributed by atoms with Crippen molar-refractivity contribution in [2.45, 2.75) is 125 Å². The van der Waals surface area contributed by atoms with Gasteiger partial charge in [0.2, 0.25) is 0 Å². The first-order valence-corrected chi connectivity index (χ1v) is 20.8. The van der Waals surface area contributed by atoms with Gasteiger partial charge in [0.25, 0.3) is 9.70 Å². The van der Waals surface area contributed by atoms with Crippen LogP contribution in [-0.4, -0.2) is 74.3 Å². The van der Waals surface area contributed by atoms with E-state index in [1.807, 2.05) is 19.9 Å². The van der Waals surface area contributed by atoms with Gasteiger partial charge >= 0.3 is 0 Å². The van der Waals surface area contributed by atoms with E-state index in [1.54, 1.807) is 6.08 Å². The van der Waals surface area contributed by atoms with E-state index in [-0.39, 0.29) is 13.2 Å². The summed E-state index contributed by atoms with van der Waals surface area (Å²) in [5, 5.41) is 13.8. The van der Waals surface area contributed by atoms with E-state index in [4.69, 9.17) is 53.1 Å². The highest BCUT2D eigenvalue weighted by Crippen LogP contribution is 2.46. The zero-order valence-corrected chi connectivity index (χ0v) is 29.7. The molecule has 0 aromatic carbocycles. The molecule has 0 radical (unpaired) electrons. The summed E-state index contributed by atoms with van der Waals surface area (Å²) < 4.78 is 24.5. The lowest BCUT2D eigenvalue weighted by Gasteiger charge is -2.55. The Morgan fingerprint density at radius 2 is 1.57 bits per heavy atom. The third kappa shape index (κ3) is 7.57. The molecule has 7 nitrogen and oxygen atoms in total. The highest BCUT2D eigenvalue weighted by atomic mass is 35.6. The Morgan fingerprint density at radius 1 is 1.07 bits per heavy atom. The monoisotopic (exact) mass is 657 g/mol. The minimum Gasteiger partial charge on any atom is -0.408 e. The van der Waals surface area contributed by atoms with Gasteiger partial charge in [-0.25, -0.2) is 0 Å². The first kappa shape index (κ1) is 36.2.